The SMILES string of the molecule is COc1cc(C2(C(=O)N3CCCC3)CC2)ccc1C. The predicted octanol–water partition coefficient (Wildman–Crippen LogP) is 2.66. The second-order valence-corrected chi connectivity index (χ2v) is 5.77. The van der Waals surface area contributed by atoms with Crippen molar-refractivity contribution in [2.75, 3.05) is 20.2 Å². The summed E-state index contributed by atoms with van der Waals surface area (Å²) in [6.07, 6.45) is 4.27. The molecule has 3 rings (SSSR count). The Kier molecular flexibility index (Phi) is 3.00. The first-order chi connectivity index (χ1) is 9.17. The summed E-state index contributed by atoms with van der Waals surface area (Å²) < 4.78 is 5.39. The van der Waals surface area contributed by atoms with Gasteiger partial charge in [0, 0.05) is 13.1 Å². The Balaban J connectivity index is 1.90. The first-order valence-electron chi connectivity index (χ1n) is 7.12. The van der Waals surface area contributed by atoms with Crippen LogP contribution in [-0.4, -0.2) is 31.0 Å². The van der Waals surface area contributed by atoms with Crippen LogP contribution in [0.5, 0.6) is 5.75 Å². The van der Waals surface area contributed by atoms with Gasteiger partial charge in [-0.1, -0.05) is 12.1 Å². The van der Waals surface area contributed by atoms with Crippen molar-refractivity contribution in [2.45, 2.75) is 38.0 Å². The Morgan fingerprint density at radius 2 is 1.95 bits per heavy atom. The molecule has 1 aliphatic heterocycles. The van der Waals surface area contributed by atoms with Crippen LogP contribution in [0, 0.1) is 6.92 Å². The van der Waals surface area contributed by atoms with Crippen molar-refractivity contribution in [1.29, 1.82) is 0 Å². The van der Waals surface area contributed by atoms with Crippen molar-refractivity contribution in [3.8, 4) is 5.75 Å². The average Bonchev–Trinajstić information content (AvgIpc) is 3.05. The Bertz CT molecular complexity index is 499. The predicted molar refractivity (Wildman–Crippen MR) is 74.5 cm³/mol. The summed E-state index contributed by atoms with van der Waals surface area (Å²) in [4.78, 5) is 14.7. The fourth-order valence-electron chi connectivity index (χ4n) is 3.09. The Morgan fingerprint density at radius 3 is 2.53 bits per heavy atom. The number of likely N-dealkylation sites (tertiary alicyclic amines) is 1. The van der Waals surface area contributed by atoms with Crippen LogP contribution < -0.4 is 4.74 Å². The van der Waals surface area contributed by atoms with Crippen LogP contribution in [-0.2, 0) is 10.2 Å². The van der Waals surface area contributed by atoms with Gasteiger partial charge in [-0.3, -0.25) is 4.79 Å². The molecule has 2 aliphatic rings. The molecule has 19 heavy (non-hydrogen) atoms. The van der Waals surface area contributed by atoms with Crippen LogP contribution in [0.15, 0.2) is 18.2 Å². The minimum atomic E-state index is -0.245. The molecular formula is C16H21NO2. The minimum Gasteiger partial charge on any atom is -0.496 e. The molecule has 1 aromatic rings. The van der Waals surface area contributed by atoms with E-state index in [0.29, 0.717) is 5.91 Å². The van der Waals surface area contributed by atoms with Crippen LogP contribution in [0.1, 0.15) is 36.8 Å². The van der Waals surface area contributed by atoms with Gasteiger partial charge in [0.25, 0.3) is 0 Å². The molecule has 1 heterocycles. The molecule has 1 aromatic carbocycles. The second kappa shape index (κ2) is 4.55. The number of carbonyl (C=O) groups excluding carboxylic acids is 1. The van der Waals surface area contributed by atoms with E-state index in [2.05, 4.69) is 18.2 Å². The largest absolute Gasteiger partial charge is 0.496 e. The van der Waals surface area contributed by atoms with Crippen molar-refractivity contribution >= 4 is 5.91 Å². The molecule has 1 amide bonds. The van der Waals surface area contributed by atoms with Crippen molar-refractivity contribution in [3.63, 3.8) is 0 Å². The third-order valence-electron chi connectivity index (χ3n) is 4.51. The van der Waals surface area contributed by atoms with Crippen molar-refractivity contribution in [3.05, 3.63) is 29.3 Å². The van der Waals surface area contributed by atoms with E-state index < -0.39 is 0 Å². The van der Waals surface area contributed by atoms with Gasteiger partial charge >= 0.3 is 0 Å². The summed E-state index contributed by atoms with van der Waals surface area (Å²) >= 11 is 0. The summed E-state index contributed by atoms with van der Waals surface area (Å²) in [5, 5.41) is 0. The van der Waals surface area contributed by atoms with E-state index in [4.69, 9.17) is 4.74 Å². The zero-order chi connectivity index (χ0) is 13.5. The Labute approximate surface area is 114 Å². The quantitative estimate of drug-likeness (QED) is 0.835. The maximum absolute atomic E-state index is 12.7. The van der Waals surface area contributed by atoms with Crippen molar-refractivity contribution in [2.24, 2.45) is 0 Å². The fraction of sp³-hybridized carbons (Fsp3) is 0.562. The maximum atomic E-state index is 12.7. The van der Waals surface area contributed by atoms with Crippen LogP contribution in [0.25, 0.3) is 0 Å². The summed E-state index contributed by atoms with van der Waals surface area (Å²) in [7, 11) is 1.69. The Morgan fingerprint density at radius 1 is 1.26 bits per heavy atom. The highest BCUT2D eigenvalue weighted by atomic mass is 16.5. The van der Waals surface area contributed by atoms with E-state index >= 15 is 0 Å². The van der Waals surface area contributed by atoms with Crippen molar-refractivity contribution < 1.29 is 9.53 Å². The minimum absolute atomic E-state index is 0.245. The standard InChI is InChI=1S/C16H21NO2/c1-12-5-6-13(11-14(12)19-2)16(7-8-16)15(18)17-9-3-4-10-17/h5-6,11H,3-4,7-10H2,1-2H3. The number of amides is 1. The molecule has 2 fully saturated rings. The van der Waals surface area contributed by atoms with E-state index in [1.807, 2.05) is 11.8 Å². The molecule has 3 nitrogen and oxygen atoms in total. The number of carbonyl (C=O) groups is 1. The number of methoxy groups -OCH3 is 1. The number of ether oxygens (including phenoxy) is 1. The number of rotatable bonds is 3. The molecule has 0 spiro atoms. The number of aryl methyl sites for hydroxylation is 1. The lowest BCUT2D eigenvalue weighted by Crippen LogP contribution is -2.37. The van der Waals surface area contributed by atoms with Gasteiger partial charge in [-0.25, -0.2) is 0 Å². The molecule has 0 bridgehead atoms. The first-order valence-corrected chi connectivity index (χ1v) is 7.12. The molecule has 102 valence electrons. The van der Waals surface area contributed by atoms with E-state index in [1.54, 1.807) is 7.11 Å². The average molecular weight is 259 g/mol. The lowest BCUT2D eigenvalue weighted by atomic mass is 9.93. The highest BCUT2D eigenvalue weighted by Crippen LogP contribution is 2.50. The molecule has 3 heteroatoms. The van der Waals surface area contributed by atoms with Crippen molar-refractivity contribution in [1.82, 2.24) is 4.90 Å². The van der Waals surface area contributed by atoms with Crippen LogP contribution >= 0.6 is 0 Å². The zero-order valence-corrected chi connectivity index (χ0v) is 11.7. The summed E-state index contributed by atoms with van der Waals surface area (Å²) in [5.41, 5.74) is 2.01. The van der Waals surface area contributed by atoms with Gasteiger partial charge < -0.3 is 9.64 Å². The van der Waals surface area contributed by atoms with Gasteiger partial charge in [0.1, 0.15) is 5.75 Å². The van der Waals surface area contributed by atoms with Gasteiger partial charge in [0.15, 0.2) is 0 Å². The normalized spacial score (nSPS) is 20.4. The lowest BCUT2D eigenvalue weighted by Gasteiger charge is -2.23. The third-order valence-corrected chi connectivity index (χ3v) is 4.51. The fourth-order valence-corrected chi connectivity index (χ4v) is 3.09. The second-order valence-electron chi connectivity index (χ2n) is 5.77. The van der Waals surface area contributed by atoms with Gasteiger partial charge in [-0.2, -0.15) is 0 Å². The molecule has 0 aromatic heterocycles. The van der Waals surface area contributed by atoms with E-state index in [-0.39, 0.29) is 5.41 Å². The van der Waals surface area contributed by atoms with Gasteiger partial charge in [0.05, 0.1) is 12.5 Å². The first kappa shape index (κ1) is 12.5. The summed E-state index contributed by atoms with van der Waals surface area (Å²) in [6.45, 7) is 3.90. The monoisotopic (exact) mass is 259 g/mol. The Hall–Kier alpha value is -1.51. The topological polar surface area (TPSA) is 29.5 Å². The molecule has 0 unspecified atom stereocenters. The smallest absolute Gasteiger partial charge is 0.233 e. The summed E-state index contributed by atoms with van der Waals surface area (Å²) in [6, 6.07) is 6.21. The molecule has 1 saturated heterocycles. The molecular weight excluding hydrogens is 238 g/mol. The van der Waals surface area contributed by atoms with Crippen LogP contribution in [0.4, 0.5) is 0 Å². The van der Waals surface area contributed by atoms with E-state index in [0.717, 1.165) is 55.6 Å². The molecule has 0 N–H and O–H groups in total. The molecule has 0 radical (unpaired) electrons. The van der Waals surface area contributed by atoms with E-state index in [9.17, 15) is 4.79 Å². The highest BCUT2D eigenvalue weighted by Gasteiger charge is 2.53. The van der Waals surface area contributed by atoms with Gasteiger partial charge in [0.2, 0.25) is 5.91 Å². The highest BCUT2D eigenvalue weighted by molar-refractivity contribution is 5.91. The number of hydrogen-bond donors (Lipinski definition) is 0. The lowest BCUT2D eigenvalue weighted by molar-refractivity contribution is -0.132. The number of nitrogens with zero attached hydrogens (tertiary/aromatic N) is 1. The van der Waals surface area contributed by atoms with E-state index in [1.165, 1.54) is 0 Å². The molecule has 1 saturated carbocycles. The van der Waals surface area contributed by atoms with Gasteiger partial charge in [-0.05, 0) is 49.8 Å². The zero-order valence-electron chi connectivity index (χ0n) is 11.7. The van der Waals surface area contributed by atoms with Crippen LogP contribution in [0.3, 0.4) is 0 Å². The van der Waals surface area contributed by atoms with Crippen LogP contribution in [0.2, 0.25) is 0 Å². The molecule has 1 aliphatic carbocycles. The van der Waals surface area contributed by atoms with Gasteiger partial charge in [-0.15, -0.1) is 0 Å². The number of hydrogen-bond acceptors (Lipinski definition) is 2. The summed E-state index contributed by atoms with van der Waals surface area (Å²) in [5.74, 6) is 1.22. The number of benzene rings is 1. The molecule has 0 atom stereocenters. The maximum Gasteiger partial charge on any atom is 0.233 e. The third kappa shape index (κ3) is 2.01.